The third-order valence-corrected chi connectivity index (χ3v) is 6.16. The number of carbonyl (C=O) groups excluding carboxylic acids is 1. The number of nitrogens with zero attached hydrogens (tertiary/aromatic N) is 1. The molecule has 1 amide bonds. The largest absolute Gasteiger partial charge is 0.342 e. The van der Waals surface area contributed by atoms with E-state index < -0.39 is 0 Å². The molecule has 1 spiro atoms. The van der Waals surface area contributed by atoms with Gasteiger partial charge in [-0.05, 0) is 61.7 Å². The lowest BCUT2D eigenvalue weighted by atomic mass is 9.76. The molecule has 94 valence electrons. The molecule has 1 aliphatic heterocycles. The first-order valence-electron chi connectivity index (χ1n) is 7.42. The average Bonchev–Trinajstić information content (AvgIpc) is 3.22. The Kier molecular flexibility index (Phi) is 1.88. The summed E-state index contributed by atoms with van der Waals surface area (Å²) in [7, 11) is 0. The van der Waals surface area contributed by atoms with Crippen LogP contribution in [0.3, 0.4) is 0 Å². The van der Waals surface area contributed by atoms with Crippen LogP contribution in [0.2, 0.25) is 0 Å². The van der Waals surface area contributed by atoms with Gasteiger partial charge in [-0.1, -0.05) is 6.92 Å². The van der Waals surface area contributed by atoms with Gasteiger partial charge in [0.05, 0.1) is 0 Å². The van der Waals surface area contributed by atoms with Crippen molar-refractivity contribution in [1.29, 1.82) is 0 Å². The van der Waals surface area contributed by atoms with E-state index in [4.69, 9.17) is 0 Å². The maximum atomic E-state index is 12.3. The van der Waals surface area contributed by atoms with E-state index in [9.17, 15) is 4.79 Å². The van der Waals surface area contributed by atoms with E-state index in [2.05, 4.69) is 11.8 Å². The molecule has 0 N–H and O–H groups in total. The number of hydrogen-bond acceptors (Lipinski definition) is 1. The normalized spacial score (nSPS) is 37.0. The van der Waals surface area contributed by atoms with Crippen molar-refractivity contribution >= 4 is 5.91 Å². The summed E-state index contributed by atoms with van der Waals surface area (Å²) in [5, 5.41) is 0. The molecular weight excluding hydrogens is 210 g/mol. The quantitative estimate of drug-likeness (QED) is 0.718. The second-order valence-corrected chi connectivity index (χ2v) is 7.37. The topological polar surface area (TPSA) is 20.3 Å². The minimum atomic E-state index is 0.438. The fourth-order valence-corrected chi connectivity index (χ4v) is 4.06. The van der Waals surface area contributed by atoms with Crippen molar-refractivity contribution in [2.45, 2.75) is 51.9 Å². The highest BCUT2D eigenvalue weighted by Crippen LogP contribution is 2.71. The lowest BCUT2D eigenvalue weighted by Gasteiger charge is -2.40. The highest BCUT2D eigenvalue weighted by Gasteiger charge is 2.66. The van der Waals surface area contributed by atoms with Crippen LogP contribution in [0.25, 0.3) is 0 Å². The molecule has 0 aromatic carbocycles. The van der Waals surface area contributed by atoms with Crippen LogP contribution in [0.4, 0.5) is 0 Å². The Morgan fingerprint density at radius 1 is 1.12 bits per heavy atom. The van der Waals surface area contributed by atoms with Gasteiger partial charge in [0.1, 0.15) is 0 Å². The van der Waals surface area contributed by atoms with E-state index in [1.807, 2.05) is 0 Å². The molecule has 2 heteroatoms. The summed E-state index contributed by atoms with van der Waals surface area (Å²) in [6.07, 6.45) is 9.26. The minimum absolute atomic E-state index is 0.438. The summed E-state index contributed by atoms with van der Waals surface area (Å²) in [6, 6.07) is 0. The second-order valence-electron chi connectivity index (χ2n) is 7.37. The summed E-state index contributed by atoms with van der Waals surface area (Å²) in [5.74, 6) is 1.92. The number of rotatable bonds is 2. The smallest absolute Gasteiger partial charge is 0.226 e. The van der Waals surface area contributed by atoms with E-state index in [0.29, 0.717) is 22.7 Å². The van der Waals surface area contributed by atoms with Crippen molar-refractivity contribution in [2.75, 3.05) is 13.1 Å². The molecule has 0 radical (unpaired) electrons. The van der Waals surface area contributed by atoms with Gasteiger partial charge in [-0.15, -0.1) is 0 Å². The molecule has 1 heterocycles. The van der Waals surface area contributed by atoms with Crippen molar-refractivity contribution < 1.29 is 4.79 Å². The molecule has 2 nitrogen and oxygen atoms in total. The molecule has 4 fully saturated rings. The van der Waals surface area contributed by atoms with E-state index >= 15 is 0 Å². The van der Waals surface area contributed by atoms with Gasteiger partial charge >= 0.3 is 0 Å². The Bertz CT molecular complexity index is 359. The van der Waals surface area contributed by atoms with Crippen molar-refractivity contribution in [3.63, 3.8) is 0 Å². The second kappa shape index (κ2) is 3.07. The number of amides is 1. The van der Waals surface area contributed by atoms with Gasteiger partial charge in [-0.25, -0.2) is 0 Å². The van der Waals surface area contributed by atoms with Crippen molar-refractivity contribution in [2.24, 2.45) is 22.7 Å². The zero-order valence-electron chi connectivity index (χ0n) is 10.9. The minimum Gasteiger partial charge on any atom is -0.342 e. The van der Waals surface area contributed by atoms with Crippen LogP contribution in [0, 0.1) is 22.7 Å². The van der Waals surface area contributed by atoms with Gasteiger partial charge in [0.2, 0.25) is 5.91 Å². The molecule has 0 bridgehead atoms. The van der Waals surface area contributed by atoms with Gasteiger partial charge < -0.3 is 4.90 Å². The zero-order valence-corrected chi connectivity index (χ0v) is 10.9. The summed E-state index contributed by atoms with van der Waals surface area (Å²) in [5.41, 5.74) is 1.10. The van der Waals surface area contributed by atoms with Crippen molar-refractivity contribution in [3.05, 3.63) is 0 Å². The molecule has 1 atom stereocenters. The molecule has 1 unspecified atom stereocenters. The maximum absolute atomic E-state index is 12.3. The molecule has 3 aliphatic carbocycles. The number of carbonyl (C=O) groups is 1. The standard InChI is InChI=1S/C15H23NO/c1-14(11-2-3-11)6-8-16(9-7-14)13(17)12-10-15(12)4-5-15/h11-12H,2-10H2,1H3. The fraction of sp³-hybridized carbons (Fsp3) is 0.933. The highest BCUT2D eigenvalue weighted by molar-refractivity contribution is 5.83. The predicted octanol–water partition coefficient (Wildman–Crippen LogP) is 2.83. The van der Waals surface area contributed by atoms with Gasteiger partial charge in [-0.2, -0.15) is 0 Å². The van der Waals surface area contributed by atoms with Crippen molar-refractivity contribution in [1.82, 2.24) is 4.90 Å². The summed E-state index contributed by atoms with van der Waals surface area (Å²) < 4.78 is 0. The first-order valence-corrected chi connectivity index (χ1v) is 7.42. The lowest BCUT2D eigenvalue weighted by Crippen LogP contribution is -2.43. The lowest BCUT2D eigenvalue weighted by molar-refractivity contribution is -0.135. The molecule has 3 saturated carbocycles. The molecular formula is C15H23NO. The molecule has 4 rings (SSSR count). The molecule has 0 aromatic rings. The van der Waals surface area contributed by atoms with Gasteiger partial charge in [-0.3, -0.25) is 4.79 Å². The van der Waals surface area contributed by atoms with Crippen LogP contribution >= 0.6 is 0 Å². The number of hydrogen-bond donors (Lipinski definition) is 0. The van der Waals surface area contributed by atoms with Crippen LogP contribution in [-0.4, -0.2) is 23.9 Å². The Labute approximate surface area is 104 Å². The Morgan fingerprint density at radius 2 is 1.76 bits per heavy atom. The van der Waals surface area contributed by atoms with Crippen LogP contribution in [0.1, 0.15) is 51.9 Å². The van der Waals surface area contributed by atoms with E-state index in [1.165, 1.54) is 44.9 Å². The average molecular weight is 233 g/mol. The Morgan fingerprint density at radius 3 is 2.24 bits per heavy atom. The van der Waals surface area contributed by atoms with Crippen LogP contribution in [0.15, 0.2) is 0 Å². The van der Waals surface area contributed by atoms with E-state index in [1.54, 1.807) is 0 Å². The third-order valence-electron chi connectivity index (χ3n) is 6.16. The van der Waals surface area contributed by atoms with E-state index in [-0.39, 0.29) is 0 Å². The first kappa shape index (κ1) is 10.4. The first-order chi connectivity index (χ1) is 8.13. The third kappa shape index (κ3) is 1.56. The Balaban J connectivity index is 1.37. The van der Waals surface area contributed by atoms with Crippen LogP contribution < -0.4 is 0 Å². The van der Waals surface area contributed by atoms with Gasteiger partial charge in [0.15, 0.2) is 0 Å². The molecule has 1 saturated heterocycles. The van der Waals surface area contributed by atoms with E-state index in [0.717, 1.165) is 19.0 Å². The fourth-order valence-electron chi connectivity index (χ4n) is 4.06. The maximum Gasteiger partial charge on any atom is 0.226 e. The van der Waals surface area contributed by atoms with Crippen molar-refractivity contribution in [3.8, 4) is 0 Å². The Hall–Kier alpha value is -0.530. The number of piperidine rings is 1. The molecule has 17 heavy (non-hydrogen) atoms. The highest BCUT2D eigenvalue weighted by atomic mass is 16.2. The SMILES string of the molecule is CC1(C2CC2)CCN(C(=O)C2CC23CC3)CC1. The molecule has 0 aromatic heterocycles. The summed E-state index contributed by atoms with van der Waals surface area (Å²) >= 11 is 0. The van der Waals surface area contributed by atoms with Gasteiger partial charge in [0, 0.05) is 19.0 Å². The molecule has 4 aliphatic rings. The van der Waals surface area contributed by atoms with Crippen LogP contribution in [-0.2, 0) is 4.79 Å². The number of likely N-dealkylation sites (tertiary alicyclic amines) is 1. The zero-order chi connectivity index (χ0) is 11.7. The predicted molar refractivity (Wildman–Crippen MR) is 66.4 cm³/mol. The summed E-state index contributed by atoms with van der Waals surface area (Å²) in [6.45, 7) is 4.53. The van der Waals surface area contributed by atoms with Crippen LogP contribution in [0.5, 0.6) is 0 Å². The monoisotopic (exact) mass is 233 g/mol. The summed E-state index contributed by atoms with van der Waals surface area (Å²) in [4.78, 5) is 14.5. The van der Waals surface area contributed by atoms with Gasteiger partial charge in [0.25, 0.3) is 0 Å².